The van der Waals surface area contributed by atoms with Crippen LogP contribution in [0.25, 0.3) is 0 Å². The van der Waals surface area contributed by atoms with Gasteiger partial charge >= 0.3 is 0 Å². The minimum atomic E-state index is -3.69. The number of rotatable bonds is 6. The number of amides is 1. The fourth-order valence-electron chi connectivity index (χ4n) is 3.36. The molecule has 3 rings (SSSR count). The molecule has 1 saturated heterocycles. The Balaban J connectivity index is 1.52. The summed E-state index contributed by atoms with van der Waals surface area (Å²) in [4.78, 5) is 16.8. The van der Waals surface area contributed by atoms with Crippen molar-refractivity contribution in [2.75, 3.05) is 39.8 Å². The first-order valence-corrected chi connectivity index (χ1v) is 11.3. The number of sulfonamides is 1. The van der Waals surface area contributed by atoms with Gasteiger partial charge in [0, 0.05) is 39.8 Å². The van der Waals surface area contributed by atoms with Crippen molar-refractivity contribution >= 4 is 15.9 Å². The van der Waals surface area contributed by atoms with E-state index in [1.54, 1.807) is 41.3 Å². The molecule has 0 radical (unpaired) electrons. The maximum absolute atomic E-state index is 12.7. The summed E-state index contributed by atoms with van der Waals surface area (Å²) in [6.07, 6.45) is 0. The van der Waals surface area contributed by atoms with Crippen molar-refractivity contribution in [2.45, 2.75) is 18.4 Å². The summed E-state index contributed by atoms with van der Waals surface area (Å²) >= 11 is 0. The second kappa shape index (κ2) is 9.39. The van der Waals surface area contributed by atoms with Crippen LogP contribution in [0.2, 0.25) is 0 Å². The molecule has 1 aliphatic heterocycles. The van der Waals surface area contributed by atoms with E-state index in [2.05, 4.69) is 11.0 Å². The molecular formula is C22H26N4O3S. The van der Waals surface area contributed by atoms with Crippen LogP contribution >= 0.6 is 0 Å². The third-order valence-corrected chi connectivity index (χ3v) is 7.12. The Hall–Kier alpha value is -2.73. The molecule has 158 valence electrons. The lowest BCUT2D eigenvalue weighted by Crippen LogP contribution is -2.51. The van der Waals surface area contributed by atoms with Crippen LogP contribution in [-0.2, 0) is 21.4 Å². The van der Waals surface area contributed by atoms with Gasteiger partial charge in [0.25, 0.3) is 0 Å². The van der Waals surface area contributed by atoms with Crippen LogP contribution in [-0.4, -0.2) is 68.2 Å². The molecule has 1 aliphatic rings. The Morgan fingerprint density at radius 3 is 2.20 bits per heavy atom. The highest BCUT2D eigenvalue weighted by Gasteiger charge is 2.27. The van der Waals surface area contributed by atoms with Gasteiger partial charge < -0.3 is 4.90 Å². The van der Waals surface area contributed by atoms with Crippen molar-refractivity contribution in [3.63, 3.8) is 0 Å². The van der Waals surface area contributed by atoms with Gasteiger partial charge in [0.05, 0.1) is 23.1 Å². The zero-order chi connectivity index (χ0) is 21.7. The predicted molar refractivity (Wildman–Crippen MR) is 114 cm³/mol. The smallest absolute Gasteiger partial charge is 0.243 e. The fourth-order valence-corrected chi connectivity index (χ4v) is 4.48. The predicted octanol–water partition coefficient (Wildman–Crippen LogP) is 1.83. The van der Waals surface area contributed by atoms with E-state index >= 15 is 0 Å². The molecule has 0 unspecified atom stereocenters. The third kappa shape index (κ3) is 5.25. The number of carbonyl (C=O) groups is 1. The highest BCUT2D eigenvalue weighted by molar-refractivity contribution is 7.89. The van der Waals surface area contributed by atoms with Crippen LogP contribution in [0.3, 0.4) is 0 Å². The molecule has 8 heteroatoms. The maximum atomic E-state index is 12.7. The van der Waals surface area contributed by atoms with Crippen molar-refractivity contribution in [2.24, 2.45) is 0 Å². The minimum Gasteiger partial charge on any atom is -0.339 e. The zero-order valence-electron chi connectivity index (χ0n) is 17.3. The molecule has 1 heterocycles. The summed E-state index contributed by atoms with van der Waals surface area (Å²) in [6.45, 7) is 5.05. The van der Waals surface area contributed by atoms with Crippen LogP contribution in [0.15, 0.2) is 53.4 Å². The number of nitriles is 1. The van der Waals surface area contributed by atoms with E-state index < -0.39 is 10.0 Å². The number of nitrogens with zero attached hydrogens (tertiary/aromatic N) is 4. The molecule has 2 aromatic rings. The summed E-state index contributed by atoms with van der Waals surface area (Å²) in [7, 11) is -2.26. The first kappa shape index (κ1) is 22.0. The Bertz CT molecular complexity index is 1020. The van der Waals surface area contributed by atoms with Gasteiger partial charge in [-0.05, 0) is 36.8 Å². The van der Waals surface area contributed by atoms with E-state index in [4.69, 9.17) is 5.26 Å². The summed E-state index contributed by atoms with van der Waals surface area (Å²) in [5.41, 5.74) is 2.74. The van der Waals surface area contributed by atoms with Gasteiger partial charge in [-0.15, -0.1) is 0 Å². The Labute approximate surface area is 178 Å². The average molecular weight is 427 g/mol. The molecule has 0 N–H and O–H groups in total. The number of hydrogen-bond donors (Lipinski definition) is 0. The zero-order valence-corrected chi connectivity index (χ0v) is 18.1. The lowest BCUT2D eigenvalue weighted by atomic mass is 10.1. The molecule has 0 spiro atoms. The first-order chi connectivity index (χ1) is 14.3. The molecule has 1 amide bonds. The monoisotopic (exact) mass is 426 g/mol. The molecule has 7 nitrogen and oxygen atoms in total. The van der Waals surface area contributed by atoms with Gasteiger partial charge in [0.1, 0.15) is 0 Å². The number of piperazine rings is 1. The fraction of sp³-hybridized carbons (Fsp3) is 0.364. The van der Waals surface area contributed by atoms with Crippen molar-refractivity contribution in [3.8, 4) is 6.07 Å². The number of benzene rings is 2. The number of likely N-dealkylation sites (N-methyl/N-ethyl adjacent to an activating group) is 1. The van der Waals surface area contributed by atoms with Gasteiger partial charge in [0.15, 0.2) is 0 Å². The average Bonchev–Trinajstić information content (AvgIpc) is 2.75. The SMILES string of the molecule is Cc1ccc(S(=O)(=O)N(C)CC(=O)N2CCN(Cc3ccc(C#N)cc3)CC2)cc1. The van der Waals surface area contributed by atoms with E-state index in [1.165, 1.54) is 7.05 Å². The van der Waals surface area contributed by atoms with Crippen molar-refractivity contribution in [1.29, 1.82) is 5.26 Å². The van der Waals surface area contributed by atoms with Crippen LogP contribution in [0.4, 0.5) is 0 Å². The highest BCUT2D eigenvalue weighted by atomic mass is 32.2. The van der Waals surface area contributed by atoms with E-state index in [-0.39, 0.29) is 17.3 Å². The Kier molecular flexibility index (Phi) is 6.87. The van der Waals surface area contributed by atoms with E-state index in [0.717, 1.165) is 35.1 Å². The van der Waals surface area contributed by atoms with Crippen LogP contribution in [0.5, 0.6) is 0 Å². The summed E-state index contributed by atoms with van der Waals surface area (Å²) < 4.78 is 26.5. The van der Waals surface area contributed by atoms with Crippen molar-refractivity contribution in [3.05, 3.63) is 65.2 Å². The normalized spacial score (nSPS) is 15.2. The Morgan fingerprint density at radius 2 is 1.63 bits per heavy atom. The van der Waals surface area contributed by atoms with Crippen LogP contribution in [0, 0.1) is 18.3 Å². The van der Waals surface area contributed by atoms with Crippen molar-refractivity contribution < 1.29 is 13.2 Å². The molecular weight excluding hydrogens is 400 g/mol. The molecule has 0 aliphatic carbocycles. The van der Waals surface area contributed by atoms with Gasteiger partial charge in [-0.2, -0.15) is 9.57 Å². The molecule has 2 aromatic carbocycles. The van der Waals surface area contributed by atoms with Gasteiger partial charge in [-0.25, -0.2) is 8.42 Å². The van der Waals surface area contributed by atoms with E-state index in [1.807, 2.05) is 19.1 Å². The minimum absolute atomic E-state index is 0.175. The van der Waals surface area contributed by atoms with Crippen molar-refractivity contribution in [1.82, 2.24) is 14.1 Å². The van der Waals surface area contributed by atoms with Gasteiger partial charge in [0.2, 0.25) is 15.9 Å². The van der Waals surface area contributed by atoms with Crippen LogP contribution < -0.4 is 0 Å². The van der Waals surface area contributed by atoms with Crippen LogP contribution in [0.1, 0.15) is 16.7 Å². The standard InChI is InChI=1S/C22H26N4O3S/c1-18-3-9-21(10-4-18)30(28,29)24(2)17-22(27)26-13-11-25(12-14-26)16-20-7-5-19(15-23)6-8-20/h3-10H,11-14,16-17H2,1-2H3. The second-order valence-electron chi connectivity index (χ2n) is 7.54. The van der Waals surface area contributed by atoms with Gasteiger partial charge in [-0.3, -0.25) is 9.69 Å². The second-order valence-corrected chi connectivity index (χ2v) is 9.58. The number of aryl methyl sites for hydroxylation is 1. The summed E-state index contributed by atoms with van der Waals surface area (Å²) in [5.74, 6) is -0.189. The first-order valence-electron chi connectivity index (χ1n) is 9.82. The quantitative estimate of drug-likeness (QED) is 0.704. The molecule has 0 atom stereocenters. The van der Waals surface area contributed by atoms with E-state index in [9.17, 15) is 13.2 Å². The largest absolute Gasteiger partial charge is 0.339 e. The molecule has 0 aromatic heterocycles. The Morgan fingerprint density at radius 1 is 1.03 bits per heavy atom. The van der Waals surface area contributed by atoms with Gasteiger partial charge in [-0.1, -0.05) is 29.8 Å². The summed E-state index contributed by atoms with van der Waals surface area (Å²) in [6, 6.07) is 16.2. The molecule has 0 bridgehead atoms. The number of hydrogen-bond acceptors (Lipinski definition) is 5. The summed E-state index contributed by atoms with van der Waals surface area (Å²) in [5, 5.41) is 8.88. The topological polar surface area (TPSA) is 84.7 Å². The highest BCUT2D eigenvalue weighted by Crippen LogP contribution is 2.16. The molecule has 1 fully saturated rings. The maximum Gasteiger partial charge on any atom is 0.243 e. The lowest BCUT2D eigenvalue weighted by molar-refractivity contribution is -0.133. The lowest BCUT2D eigenvalue weighted by Gasteiger charge is -2.35. The number of carbonyl (C=O) groups excluding carboxylic acids is 1. The third-order valence-electron chi connectivity index (χ3n) is 5.30. The molecule has 30 heavy (non-hydrogen) atoms. The van der Waals surface area contributed by atoms with E-state index in [0.29, 0.717) is 18.7 Å². The molecule has 0 saturated carbocycles.